The monoisotopic (exact) mass is 267 g/mol. The van der Waals surface area contributed by atoms with Crippen LogP contribution in [0.4, 0.5) is 0 Å². The van der Waals surface area contributed by atoms with Gasteiger partial charge in [-0.3, -0.25) is 0 Å². The summed E-state index contributed by atoms with van der Waals surface area (Å²) in [6, 6.07) is 0. The van der Waals surface area contributed by atoms with Crippen LogP contribution in [-0.4, -0.2) is 44.8 Å². The first-order chi connectivity index (χ1) is 3.97. The summed E-state index contributed by atoms with van der Waals surface area (Å²) in [6.45, 7) is 0. The molecule has 0 aromatic rings. The zero-order valence-electron chi connectivity index (χ0n) is 5.66. The van der Waals surface area contributed by atoms with Crippen molar-refractivity contribution in [2.75, 3.05) is 7.11 Å². The molecular weight excluding hydrogens is 255 g/mol. The quantitative estimate of drug-likeness (QED) is 0.661. The Morgan fingerprint density at radius 1 is 1.44 bits per heavy atom. The van der Waals surface area contributed by atoms with Gasteiger partial charge in [0.2, 0.25) is 0 Å². The second-order valence-corrected chi connectivity index (χ2v) is 5.72. The summed E-state index contributed by atoms with van der Waals surface area (Å²) in [4.78, 5) is 0. The molecule has 0 spiro atoms. The van der Waals surface area contributed by atoms with Crippen molar-refractivity contribution in [3.63, 3.8) is 0 Å². The van der Waals surface area contributed by atoms with Gasteiger partial charge in [0, 0.05) is 0 Å². The van der Waals surface area contributed by atoms with E-state index < -0.39 is 19.0 Å². The Kier molecular flexibility index (Phi) is 9.67. The summed E-state index contributed by atoms with van der Waals surface area (Å²) < 4.78 is 30.1. The number of hydrogen-bond acceptors (Lipinski definition) is 3. The first kappa shape index (κ1) is 12.5. The Morgan fingerprint density at radius 3 is 1.56 bits per heavy atom. The van der Waals surface area contributed by atoms with Crippen LogP contribution >= 0.6 is 0 Å². The van der Waals surface area contributed by atoms with Crippen molar-refractivity contribution in [2.45, 2.75) is 11.6 Å². The van der Waals surface area contributed by atoms with E-state index in [1.165, 1.54) is 0 Å². The normalized spacial score (nSPS) is 9.33. The Morgan fingerprint density at radius 2 is 1.56 bits per heavy atom. The summed E-state index contributed by atoms with van der Waals surface area (Å²) in [5.74, 6) is 4.42. The van der Waals surface area contributed by atoms with Crippen LogP contribution in [-0.2, 0) is 9.31 Å². The molecule has 1 radical (unpaired) electrons. The minimum atomic E-state index is -5.06. The fourth-order valence-corrected chi connectivity index (χ4v) is 0. The van der Waals surface area contributed by atoms with Gasteiger partial charge in [-0.05, 0) is 0 Å². The maximum Gasteiger partial charge on any atom is 0.191 e. The third kappa shape index (κ3) is 28.0. The van der Waals surface area contributed by atoms with Crippen molar-refractivity contribution < 1.29 is 12.8 Å². The molecule has 0 aliphatic rings. The Labute approximate surface area is 65.6 Å². The van der Waals surface area contributed by atoms with Crippen LogP contribution < -0.4 is 0 Å². The maximum atomic E-state index is 9.44. The van der Waals surface area contributed by atoms with E-state index in [2.05, 4.69) is 14.7 Å². The predicted octanol–water partition coefficient (Wildman–Crippen LogP) is -0.292. The summed E-state index contributed by atoms with van der Waals surface area (Å²) in [5.41, 5.74) is 0. The molecular formula is C3H10AlO4Te. The average molecular weight is 265 g/mol. The van der Waals surface area contributed by atoms with Gasteiger partial charge in [0.25, 0.3) is 0 Å². The van der Waals surface area contributed by atoms with E-state index >= 15 is 0 Å². The standard InChI is InChI=1S/CH4O4Te.2CH3.Al/c1-5-6(2,3)4;;;/h1H3,(H,2,3,4);2*1H3;. The molecule has 6 heteroatoms. The van der Waals surface area contributed by atoms with Gasteiger partial charge >= 0.3 is 38.9 Å². The van der Waals surface area contributed by atoms with Crippen molar-refractivity contribution in [2.24, 2.45) is 0 Å². The fraction of sp³-hybridized carbons (Fsp3) is 1.00. The van der Waals surface area contributed by atoms with Gasteiger partial charge in [-0.25, -0.2) is 0 Å². The Balaban J connectivity index is 0. The van der Waals surface area contributed by atoms with Crippen LogP contribution in [0.1, 0.15) is 0 Å². The van der Waals surface area contributed by atoms with E-state index in [-0.39, 0.29) is 0 Å². The van der Waals surface area contributed by atoms with Gasteiger partial charge in [-0.15, -0.1) is 11.6 Å². The molecule has 0 rings (SSSR count). The van der Waals surface area contributed by atoms with Gasteiger partial charge in [0.1, 0.15) is 0 Å². The zero-order valence-corrected chi connectivity index (χ0v) is 9.14. The molecule has 4 nitrogen and oxygen atoms in total. The molecule has 55 valence electrons. The predicted molar refractivity (Wildman–Crippen MR) is 33.8 cm³/mol. The SMILES string of the molecule is CO[Te](=O)(=O)O.[CH3][Al][CH3]. The molecule has 0 aliphatic heterocycles. The van der Waals surface area contributed by atoms with E-state index in [4.69, 9.17) is 3.47 Å². The van der Waals surface area contributed by atoms with Crippen molar-refractivity contribution in [1.29, 1.82) is 0 Å². The summed E-state index contributed by atoms with van der Waals surface area (Å²) >= 11 is -4.31. The van der Waals surface area contributed by atoms with Crippen molar-refractivity contribution in [3.05, 3.63) is 0 Å². The maximum absolute atomic E-state index is 9.44. The van der Waals surface area contributed by atoms with Crippen LogP contribution in [0.2, 0.25) is 11.6 Å². The van der Waals surface area contributed by atoms with Crippen LogP contribution in [0.15, 0.2) is 0 Å². The molecule has 0 aromatic heterocycles. The fourth-order valence-electron chi connectivity index (χ4n) is 0. The molecule has 0 fully saturated rings. The molecule has 0 amide bonds. The minimum absolute atomic E-state index is 0.750. The first-order valence-corrected chi connectivity index (χ1v) is 8.45. The van der Waals surface area contributed by atoms with Gasteiger partial charge < -0.3 is 0 Å². The third-order valence-corrected chi connectivity index (χ3v) is 1.41. The Hall–Kier alpha value is 0.842. The third-order valence-electron chi connectivity index (χ3n) is 0.211. The molecule has 9 heavy (non-hydrogen) atoms. The van der Waals surface area contributed by atoms with Gasteiger partial charge in [-0.2, -0.15) is 0 Å². The van der Waals surface area contributed by atoms with Crippen molar-refractivity contribution >= 4 is 34.2 Å². The van der Waals surface area contributed by atoms with Crippen LogP contribution in [0.25, 0.3) is 0 Å². The molecule has 0 saturated carbocycles. The Bertz CT molecular complexity index is 129. The number of rotatable bonds is 1. The van der Waals surface area contributed by atoms with Crippen molar-refractivity contribution in [1.82, 2.24) is 0 Å². The molecule has 0 bridgehead atoms. The van der Waals surface area contributed by atoms with Crippen molar-refractivity contribution in [3.8, 4) is 0 Å². The molecule has 0 unspecified atom stereocenters. The first-order valence-electron chi connectivity index (χ1n) is 2.25. The van der Waals surface area contributed by atoms with E-state index in [0.717, 1.165) is 22.3 Å². The van der Waals surface area contributed by atoms with Gasteiger partial charge in [-0.1, -0.05) is 0 Å². The average Bonchev–Trinajstić information content (AvgIpc) is 1.67. The van der Waals surface area contributed by atoms with E-state index in [0.29, 0.717) is 0 Å². The second-order valence-electron chi connectivity index (χ2n) is 1.17. The molecule has 0 aliphatic carbocycles. The van der Waals surface area contributed by atoms with Crippen LogP contribution in [0.3, 0.4) is 0 Å². The second kappa shape index (κ2) is 6.96. The van der Waals surface area contributed by atoms with Crippen LogP contribution in [0, 0.1) is 0 Å². The molecule has 0 atom stereocenters. The van der Waals surface area contributed by atoms with Gasteiger partial charge in [0.05, 0.1) is 0 Å². The smallest absolute Gasteiger partial charge is 0.115 e. The molecule has 0 saturated heterocycles. The molecule has 0 aromatic carbocycles. The molecule has 0 heterocycles. The summed E-state index contributed by atoms with van der Waals surface area (Å²) in [7, 11) is 0.918. The summed E-state index contributed by atoms with van der Waals surface area (Å²) in [5, 5.41) is 0. The number of hydrogen-bond donors (Lipinski definition) is 1. The minimum Gasteiger partial charge on any atom is -0.115 e. The van der Waals surface area contributed by atoms with E-state index in [1.807, 2.05) is 0 Å². The summed E-state index contributed by atoms with van der Waals surface area (Å²) in [6.07, 6.45) is 0. The van der Waals surface area contributed by atoms with E-state index in [9.17, 15) is 6.21 Å². The topological polar surface area (TPSA) is 63.6 Å². The van der Waals surface area contributed by atoms with E-state index in [1.54, 1.807) is 0 Å². The van der Waals surface area contributed by atoms with Crippen LogP contribution in [0.5, 0.6) is 0 Å². The zero-order chi connectivity index (χ0) is 7.91. The largest absolute Gasteiger partial charge is 0.191 e. The molecule has 1 N–H and O–H groups in total. The van der Waals surface area contributed by atoms with Gasteiger partial charge in [0.15, 0.2) is 15.2 Å².